The van der Waals surface area contributed by atoms with E-state index in [2.05, 4.69) is 5.32 Å². The molecular weight excluding hydrogens is 478 g/mol. The summed E-state index contributed by atoms with van der Waals surface area (Å²) in [4.78, 5) is 12.7. The van der Waals surface area contributed by atoms with Crippen molar-refractivity contribution in [2.75, 3.05) is 18.0 Å². The fraction of sp³-hybridized carbons (Fsp3) is 0.174. The summed E-state index contributed by atoms with van der Waals surface area (Å²) in [5.74, 6) is -0.378. The molecule has 3 aromatic rings. The zero-order valence-corrected chi connectivity index (χ0v) is 20.3. The third-order valence-electron chi connectivity index (χ3n) is 4.96. The number of hydrogen-bond acceptors (Lipinski definition) is 6. The lowest BCUT2D eigenvalue weighted by Gasteiger charge is -2.25. The van der Waals surface area contributed by atoms with Gasteiger partial charge in [0.25, 0.3) is 10.0 Å². The number of primary sulfonamides is 1. The number of carbonyl (C=O) groups excluding carboxylic acids is 1. The van der Waals surface area contributed by atoms with Gasteiger partial charge in [0.2, 0.25) is 15.9 Å². The van der Waals surface area contributed by atoms with E-state index >= 15 is 0 Å². The van der Waals surface area contributed by atoms with E-state index in [1.54, 1.807) is 49.4 Å². The number of para-hydroxylation sites is 1. The van der Waals surface area contributed by atoms with E-state index in [9.17, 15) is 21.6 Å². The fourth-order valence-corrected chi connectivity index (χ4v) is 5.38. The molecule has 0 aliphatic rings. The Balaban J connectivity index is 1.85. The molecule has 34 heavy (non-hydrogen) atoms. The van der Waals surface area contributed by atoms with E-state index < -0.39 is 32.5 Å². The Kier molecular flexibility index (Phi) is 7.60. The normalized spacial score (nSPS) is 11.6. The number of aryl methyl sites for hydroxylation is 1. The number of benzene rings is 3. The van der Waals surface area contributed by atoms with Gasteiger partial charge in [0.15, 0.2) is 0 Å². The summed E-state index contributed by atoms with van der Waals surface area (Å²) in [6.07, 6.45) is 0. The van der Waals surface area contributed by atoms with Crippen molar-refractivity contribution in [1.82, 2.24) is 5.32 Å². The minimum absolute atomic E-state index is 0.0453. The first-order chi connectivity index (χ1) is 16.0. The first kappa shape index (κ1) is 25.2. The van der Waals surface area contributed by atoms with Crippen LogP contribution in [-0.2, 0) is 31.4 Å². The predicted molar refractivity (Wildman–Crippen MR) is 128 cm³/mol. The van der Waals surface area contributed by atoms with Crippen molar-refractivity contribution >= 4 is 31.6 Å². The third-order valence-corrected chi connectivity index (χ3v) is 7.68. The number of methoxy groups -OCH3 is 1. The number of nitrogens with two attached hydrogens (primary N) is 1. The van der Waals surface area contributed by atoms with Crippen LogP contribution in [0.2, 0.25) is 0 Å². The number of hydrogen-bond donors (Lipinski definition) is 2. The van der Waals surface area contributed by atoms with Crippen molar-refractivity contribution in [3.8, 4) is 5.75 Å². The monoisotopic (exact) mass is 503 g/mol. The third kappa shape index (κ3) is 5.93. The first-order valence-corrected chi connectivity index (χ1v) is 13.1. The second-order valence-electron chi connectivity index (χ2n) is 7.47. The molecule has 0 aromatic heterocycles. The Morgan fingerprint density at radius 3 is 2.21 bits per heavy atom. The van der Waals surface area contributed by atoms with Crippen LogP contribution in [0, 0.1) is 6.92 Å². The molecule has 3 N–H and O–H groups in total. The molecule has 0 saturated heterocycles. The summed E-state index contributed by atoms with van der Waals surface area (Å²) in [5, 5.41) is 7.75. The minimum Gasteiger partial charge on any atom is -0.495 e. The van der Waals surface area contributed by atoms with Gasteiger partial charge in [0, 0.05) is 6.54 Å². The zero-order valence-electron chi connectivity index (χ0n) is 18.6. The number of amides is 1. The van der Waals surface area contributed by atoms with E-state index in [-0.39, 0.29) is 22.1 Å². The standard InChI is InChI=1S/C23H25N3O6S2/c1-17-8-13-21(32-2)22(14-17)34(30,31)26(19-6-4-3-5-7-19)16-23(27)25-15-18-9-11-20(12-10-18)33(24,28)29/h3-14H,15-16H2,1-2H3,(H,25,27)(H2,24,28,29). The lowest BCUT2D eigenvalue weighted by Crippen LogP contribution is -2.40. The van der Waals surface area contributed by atoms with Crippen LogP contribution >= 0.6 is 0 Å². The van der Waals surface area contributed by atoms with Gasteiger partial charge >= 0.3 is 0 Å². The van der Waals surface area contributed by atoms with Crippen LogP contribution < -0.4 is 19.5 Å². The molecule has 1 amide bonds. The molecule has 0 atom stereocenters. The summed E-state index contributed by atoms with van der Waals surface area (Å²) in [7, 11) is -6.59. The Morgan fingerprint density at radius 2 is 1.62 bits per heavy atom. The van der Waals surface area contributed by atoms with Crippen molar-refractivity contribution in [3.05, 3.63) is 83.9 Å². The molecular formula is C23H25N3O6S2. The van der Waals surface area contributed by atoms with Gasteiger partial charge in [-0.15, -0.1) is 0 Å². The van der Waals surface area contributed by atoms with Crippen molar-refractivity contribution in [2.24, 2.45) is 5.14 Å². The molecule has 0 radical (unpaired) electrons. The maximum absolute atomic E-state index is 13.6. The molecule has 11 heteroatoms. The maximum Gasteiger partial charge on any atom is 0.268 e. The van der Waals surface area contributed by atoms with E-state index in [1.165, 1.54) is 37.4 Å². The summed E-state index contributed by atoms with van der Waals surface area (Å²) in [5.41, 5.74) is 1.66. The molecule has 0 saturated carbocycles. The second-order valence-corrected chi connectivity index (χ2v) is 10.9. The average molecular weight is 504 g/mol. The summed E-state index contributed by atoms with van der Waals surface area (Å²) in [6.45, 7) is 1.36. The van der Waals surface area contributed by atoms with Crippen LogP contribution in [0.4, 0.5) is 5.69 Å². The number of sulfonamides is 2. The minimum atomic E-state index is -4.15. The van der Waals surface area contributed by atoms with Crippen LogP contribution in [0.15, 0.2) is 82.6 Å². The van der Waals surface area contributed by atoms with Crippen LogP contribution in [0.3, 0.4) is 0 Å². The Hall–Kier alpha value is -3.41. The van der Waals surface area contributed by atoms with Crippen molar-refractivity contribution in [1.29, 1.82) is 0 Å². The number of rotatable bonds is 9. The Morgan fingerprint density at radius 1 is 0.971 bits per heavy atom. The van der Waals surface area contributed by atoms with Crippen molar-refractivity contribution in [2.45, 2.75) is 23.3 Å². The lowest BCUT2D eigenvalue weighted by atomic mass is 10.2. The van der Waals surface area contributed by atoms with Gasteiger partial charge < -0.3 is 10.1 Å². The van der Waals surface area contributed by atoms with Gasteiger partial charge in [0.05, 0.1) is 17.7 Å². The van der Waals surface area contributed by atoms with Gasteiger partial charge in [0.1, 0.15) is 17.2 Å². The first-order valence-electron chi connectivity index (χ1n) is 10.1. The van der Waals surface area contributed by atoms with Crippen LogP contribution in [0.25, 0.3) is 0 Å². The zero-order chi connectivity index (χ0) is 24.9. The van der Waals surface area contributed by atoms with E-state index in [4.69, 9.17) is 9.88 Å². The average Bonchev–Trinajstić information content (AvgIpc) is 2.81. The largest absolute Gasteiger partial charge is 0.495 e. The SMILES string of the molecule is COc1ccc(C)cc1S(=O)(=O)N(CC(=O)NCc1ccc(S(N)(=O)=O)cc1)c1ccccc1. The van der Waals surface area contributed by atoms with E-state index in [0.29, 0.717) is 11.3 Å². The van der Waals surface area contributed by atoms with Crippen molar-refractivity contribution in [3.63, 3.8) is 0 Å². The second kappa shape index (κ2) is 10.2. The number of nitrogens with zero attached hydrogens (tertiary/aromatic N) is 1. The van der Waals surface area contributed by atoms with Crippen LogP contribution in [0.1, 0.15) is 11.1 Å². The highest BCUT2D eigenvalue weighted by Crippen LogP contribution is 2.30. The van der Waals surface area contributed by atoms with Gasteiger partial charge in [-0.3, -0.25) is 9.10 Å². The van der Waals surface area contributed by atoms with Crippen LogP contribution in [-0.4, -0.2) is 36.4 Å². The number of ether oxygens (including phenoxy) is 1. The summed E-state index contributed by atoms with van der Waals surface area (Å²) >= 11 is 0. The lowest BCUT2D eigenvalue weighted by molar-refractivity contribution is -0.119. The maximum atomic E-state index is 13.6. The molecule has 3 rings (SSSR count). The quantitative estimate of drug-likeness (QED) is 0.459. The smallest absolute Gasteiger partial charge is 0.268 e. The highest BCUT2D eigenvalue weighted by Gasteiger charge is 2.30. The molecule has 3 aromatic carbocycles. The number of carbonyl (C=O) groups is 1. The number of anilines is 1. The molecule has 0 spiro atoms. The number of nitrogens with one attached hydrogen (secondary N) is 1. The molecule has 0 unspecified atom stereocenters. The Bertz CT molecular complexity index is 1370. The molecule has 9 nitrogen and oxygen atoms in total. The van der Waals surface area contributed by atoms with Crippen molar-refractivity contribution < 1.29 is 26.4 Å². The predicted octanol–water partition coefficient (Wildman–Crippen LogP) is 2.16. The van der Waals surface area contributed by atoms with Gasteiger partial charge in [-0.25, -0.2) is 22.0 Å². The highest BCUT2D eigenvalue weighted by atomic mass is 32.2. The summed E-state index contributed by atoms with van der Waals surface area (Å²) < 4.78 is 56.2. The van der Waals surface area contributed by atoms with Crippen LogP contribution in [0.5, 0.6) is 5.75 Å². The Labute approximate surface area is 199 Å². The van der Waals surface area contributed by atoms with E-state index in [0.717, 1.165) is 9.87 Å². The van der Waals surface area contributed by atoms with Gasteiger partial charge in [-0.2, -0.15) is 0 Å². The van der Waals surface area contributed by atoms with Gasteiger partial charge in [-0.05, 0) is 54.4 Å². The molecule has 180 valence electrons. The highest BCUT2D eigenvalue weighted by molar-refractivity contribution is 7.93. The topological polar surface area (TPSA) is 136 Å². The van der Waals surface area contributed by atoms with Gasteiger partial charge in [-0.1, -0.05) is 36.4 Å². The van der Waals surface area contributed by atoms with E-state index in [1.807, 2.05) is 0 Å². The molecule has 0 fully saturated rings. The molecule has 0 aliphatic heterocycles. The summed E-state index contributed by atoms with van der Waals surface area (Å²) in [6, 6.07) is 18.8. The molecule has 0 aliphatic carbocycles. The fourth-order valence-electron chi connectivity index (χ4n) is 3.20. The molecule has 0 heterocycles. The molecule has 0 bridgehead atoms.